The lowest BCUT2D eigenvalue weighted by molar-refractivity contribution is 0.0696. The third-order valence-electron chi connectivity index (χ3n) is 5.60. The molecular formula is C25H16ClN5O4. The number of pyridine rings is 2. The highest BCUT2D eigenvalue weighted by atomic mass is 35.5. The Balaban J connectivity index is 1.43. The predicted molar refractivity (Wildman–Crippen MR) is 128 cm³/mol. The molecule has 3 heterocycles. The average molecular weight is 486 g/mol. The van der Waals surface area contributed by atoms with E-state index in [2.05, 4.69) is 15.0 Å². The summed E-state index contributed by atoms with van der Waals surface area (Å²) >= 11 is 6.22. The van der Waals surface area contributed by atoms with Crippen molar-refractivity contribution >= 4 is 34.5 Å². The van der Waals surface area contributed by atoms with Crippen molar-refractivity contribution < 1.29 is 14.6 Å². The predicted octanol–water partition coefficient (Wildman–Crippen LogP) is 3.73. The van der Waals surface area contributed by atoms with Gasteiger partial charge in [0.1, 0.15) is 24.1 Å². The third kappa shape index (κ3) is 4.23. The van der Waals surface area contributed by atoms with Crippen molar-refractivity contribution in [1.29, 1.82) is 5.26 Å². The van der Waals surface area contributed by atoms with Crippen molar-refractivity contribution in [3.05, 3.63) is 86.8 Å². The summed E-state index contributed by atoms with van der Waals surface area (Å²) in [6, 6.07) is 9.84. The zero-order valence-electron chi connectivity index (χ0n) is 18.1. The Bertz CT molecular complexity index is 1640. The second-order valence-corrected chi connectivity index (χ2v) is 8.19. The van der Waals surface area contributed by atoms with E-state index in [9.17, 15) is 14.7 Å². The van der Waals surface area contributed by atoms with Crippen LogP contribution in [0.1, 0.15) is 27.3 Å². The summed E-state index contributed by atoms with van der Waals surface area (Å²) in [6.45, 7) is 0.312. The van der Waals surface area contributed by atoms with E-state index in [4.69, 9.17) is 21.6 Å². The fourth-order valence-corrected chi connectivity index (χ4v) is 4.09. The van der Waals surface area contributed by atoms with Crippen LogP contribution >= 0.6 is 11.6 Å². The molecule has 0 spiro atoms. The van der Waals surface area contributed by atoms with E-state index in [0.717, 1.165) is 0 Å². The van der Waals surface area contributed by atoms with Crippen LogP contribution < -0.4 is 10.3 Å². The standard InChI is InChI=1S/C25H16ClN5O4/c26-14-4-5-23(18(8-14)21-10-17(25(33)34)16-2-1-3-20(16)30-21)35-7-6-31-13-29-22-12-28-15(11-27)9-19(22)24(31)32/h1-2,4-5,8-10,12-13H,3,6-7H2,(H,33,34). The van der Waals surface area contributed by atoms with Crippen molar-refractivity contribution in [3.63, 3.8) is 0 Å². The largest absolute Gasteiger partial charge is 0.491 e. The van der Waals surface area contributed by atoms with Crippen LogP contribution in [0.25, 0.3) is 28.2 Å². The fourth-order valence-electron chi connectivity index (χ4n) is 3.92. The molecule has 0 saturated heterocycles. The molecular weight excluding hydrogens is 470 g/mol. The fraction of sp³-hybridized carbons (Fsp3) is 0.120. The van der Waals surface area contributed by atoms with Crippen molar-refractivity contribution in [1.82, 2.24) is 19.5 Å². The lowest BCUT2D eigenvalue weighted by atomic mass is 10.0. The number of allylic oxidation sites excluding steroid dienone is 1. The van der Waals surface area contributed by atoms with Gasteiger partial charge in [-0.15, -0.1) is 0 Å². The zero-order chi connectivity index (χ0) is 24.5. The maximum absolute atomic E-state index is 12.8. The number of rotatable bonds is 6. The minimum atomic E-state index is -1.04. The Labute approximate surface area is 203 Å². The first-order chi connectivity index (χ1) is 16.9. The molecule has 1 aliphatic carbocycles. The molecule has 35 heavy (non-hydrogen) atoms. The van der Waals surface area contributed by atoms with E-state index in [1.54, 1.807) is 24.3 Å². The van der Waals surface area contributed by atoms with Gasteiger partial charge in [-0.05, 0) is 30.3 Å². The number of carboxylic acids is 1. The molecule has 0 bridgehead atoms. The number of aromatic carboxylic acids is 1. The Hall–Kier alpha value is -4.55. The van der Waals surface area contributed by atoms with Crippen molar-refractivity contribution in [2.24, 2.45) is 0 Å². The molecule has 0 amide bonds. The van der Waals surface area contributed by atoms with Crippen molar-refractivity contribution in [2.45, 2.75) is 13.0 Å². The number of carboxylic acid groups (broad SMARTS) is 1. The second kappa shape index (κ2) is 9.00. The first-order valence-electron chi connectivity index (χ1n) is 10.6. The van der Waals surface area contributed by atoms with Crippen LogP contribution in [0.2, 0.25) is 5.02 Å². The van der Waals surface area contributed by atoms with Gasteiger partial charge in [0.05, 0.1) is 46.9 Å². The van der Waals surface area contributed by atoms with Gasteiger partial charge in [-0.3, -0.25) is 14.3 Å². The summed E-state index contributed by atoms with van der Waals surface area (Å²) in [5, 5.41) is 19.5. The SMILES string of the molecule is N#Cc1cc2c(=O)n(CCOc3ccc(Cl)cc3-c3cc(C(=O)O)c4c(n3)CC=C4)cnc2cn1. The smallest absolute Gasteiger partial charge is 0.336 e. The van der Waals surface area contributed by atoms with Gasteiger partial charge in [0.25, 0.3) is 5.56 Å². The van der Waals surface area contributed by atoms with E-state index in [0.29, 0.717) is 50.6 Å². The summed E-state index contributed by atoms with van der Waals surface area (Å²) in [5.74, 6) is -0.596. The van der Waals surface area contributed by atoms with Crippen LogP contribution in [0.5, 0.6) is 5.75 Å². The molecule has 0 atom stereocenters. The van der Waals surface area contributed by atoms with Crippen molar-refractivity contribution in [3.8, 4) is 23.1 Å². The van der Waals surface area contributed by atoms with Gasteiger partial charge in [0.2, 0.25) is 0 Å². The molecule has 3 aromatic heterocycles. The highest BCUT2D eigenvalue weighted by Crippen LogP contribution is 2.34. The minimum absolute atomic E-state index is 0.121. The molecule has 0 unspecified atom stereocenters. The van der Waals surface area contributed by atoms with Gasteiger partial charge in [-0.1, -0.05) is 23.8 Å². The first-order valence-corrected chi connectivity index (χ1v) is 10.9. The number of nitriles is 1. The van der Waals surface area contributed by atoms with E-state index < -0.39 is 5.97 Å². The summed E-state index contributed by atoms with van der Waals surface area (Å²) in [5.41, 5.74) is 2.63. The molecule has 0 fully saturated rings. The number of benzene rings is 1. The molecule has 1 N–H and O–H groups in total. The van der Waals surface area contributed by atoms with Crippen LogP contribution in [0.3, 0.4) is 0 Å². The van der Waals surface area contributed by atoms with E-state index >= 15 is 0 Å². The van der Waals surface area contributed by atoms with Crippen LogP contribution in [0.4, 0.5) is 0 Å². The van der Waals surface area contributed by atoms with Crippen LogP contribution in [0, 0.1) is 11.3 Å². The molecule has 10 heteroatoms. The van der Waals surface area contributed by atoms with Gasteiger partial charge in [-0.2, -0.15) is 5.26 Å². The van der Waals surface area contributed by atoms with Gasteiger partial charge in [0, 0.05) is 22.6 Å². The zero-order valence-corrected chi connectivity index (χ0v) is 18.9. The summed E-state index contributed by atoms with van der Waals surface area (Å²) in [7, 11) is 0. The van der Waals surface area contributed by atoms with E-state index in [1.807, 2.05) is 12.1 Å². The number of hydrogen-bond donors (Lipinski definition) is 1. The summed E-state index contributed by atoms with van der Waals surface area (Å²) in [4.78, 5) is 37.4. The Morgan fingerprint density at radius 3 is 2.91 bits per heavy atom. The molecule has 172 valence electrons. The minimum Gasteiger partial charge on any atom is -0.491 e. The topological polar surface area (TPSA) is 131 Å². The van der Waals surface area contributed by atoms with Crippen LogP contribution in [0.15, 0.2) is 53.7 Å². The van der Waals surface area contributed by atoms with E-state index in [1.165, 1.54) is 29.2 Å². The summed E-state index contributed by atoms with van der Waals surface area (Å²) in [6.07, 6.45) is 6.96. The maximum Gasteiger partial charge on any atom is 0.336 e. The first kappa shape index (κ1) is 22.3. The van der Waals surface area contributed by atoms with E-state index in [-0.39, 0.29) is 30.0 Å². The number of halogens is 1. The summed E-state index contributed by atoms with van der Waals surface area (Å²) < 4.78 is 7.36. The number of hydrogen-bond acceptors (Lipinski definition) is 7. The molecule has 9 nitrogen and oxygen atoms in total. The highest BCUT2D eigenvalue weighted by molar-refractivity contribution is 6.31. The number of carbonyl (C=O) groups is 1. The van der Waals surface area contributed by atoms with Crippen LogP contribution in [-0.2, 0) is 13.0 Å². The molecule has 1 aromatic carbocycles. The number of aromatic nitrogens is 4. The molecule has 0 radical (unpaired) electrons. The lowest BCUT2D eigenvalue weighted by Crippen LogP contribution is -2.23. The number of fused-ring (bicyclic) bond motifs is 2. The van der Waals surface area contributed by atoms with Gasteiger partial charge in [-0.25, -0.2) is 14.8 Å². The second-order valence-electron chi connectivity index (χ2n) is 7.76. The molecule has 0 saturated carbocycles. The number of ether oxygens (including phenoxy) is 1. The van der Waals surface area contributed by atoms with Gasteiger partial charge >= 0.3 is 5.97 Å². The van der Waals surface area contributed by atoms with Gasteiger partial charge < -0.3 is 9.84 Å². The average Bonchev–Trinajstić information content (AvgIpc) is 3.34. The highest BCUT2D eigenvalue weighted by Gasteiger charge is 2.20. The van der Waals surface area contributed by atoms with Gasteiger partial charge in [0.15, 0.2) is 0 Å². The normalized spacial score (nSPS) is 11.9. The Morgan fingerprint density at radius 1 is 1.26 bits per heavy atom. The third-order valence-corrected chi connectivity index (χ3v) is 5.83. The lowest BCUT2D eigenvalue weighted by Gasteiger charge is -2.14. The molecule has 1 aliphatic rings. The Kier molecular flexibility index (Phi) is 5.73. The monoisotopic (exact) mass is 485 g/mol. The number of nitrogens with zero attached hydrogens (tertiary/aromatic N) is 5. The molecule has 0 aliphatic heterocycles. The van der Waals surface area contributed by atoms with Crippen molar-refractivity contribution in [2.75, 3.05) is 6.61 Å². The molecule has 4 aromatic rings. The van der Waals surface area contributed by atoms with Crippen LogP contribution in [-0.4, -0.2) is 37.2 Å². The Morgan fingerprint density at radius 2 is 2.11 bits per heavy atom. The maximum atomic E-state index is 12.8. The molecule has 5 rings (SSSR count). The quantitative estimate of drug-likeness (QED) is 0.437.